The summed E-state index contributed by atoms with van der Waals surface area (Å²) in [6.45, 7) is 4.15. The van der Waals surface area contributed by atoms with Gasteiger partial charge in [-0.25, -0.2) is 8.42 Å². The van der Waals surface area contributed by atoms with Crippen molar-refractivity contribution in [3.8, 4) is 0 Å². The average Bonchev–Trinajstić information content (AvgIpc) is 2.64. The summed E-state index contributed by atoms with van der Waals surface area (Å²) < 4.78 is 25.3. The SMILES string of the molecule is Cc1cccc(CSCCCNC(=O)CN(c2ccc(C)c(Cl)c2)S(C)(=O)=O)c1. The van der Waals surface area contributed by atoms with Gasteiger partial charge in [0.15, 0.2) is 0 Å². The van der Waals surface area contributed by atoms with Gasteiger partial charge in [0.2, 0.25) is 15.9 Å². The minimum absolute atomic E-state index is 0.269. The molecule has 0 aliphatic heterocycles. The fourth-order valence-electron chi connectivity index (χ4n) is 2.72. The topological polar surface area (TPSA) is 66.5 Å². The number of hydrogen-bond donors (Lipinski definition) is 1. The first kappa shape index (κ1) is 23.6. The molecular weight excluding hydrogens is 428 g/mol. The van der Waals surface area contributed by atoms with Crippen LogP contribution in [0.15, 0.2) is 42.5 Å². The van der Waals surface area contributed by atoms with Crippen LogP contribution in [0.25, 0.3) is 0 Å². The van der Waals surface area contributed by atoms with Gasteiger partial charge in [-0.3, -0.25) is 9.10 Å². The van der Waals surface area contributed by atoms with Gasteiger partial charge < -0.3 is 5.32 Å². The lowest BCUT2D eigenvalue weighted by molar-refractivity contribution is -0.119. The Kier molecular flexibility index (Phi) is 8.86. The molecule has 8 heteroatoms. The van der Waals surface area contributed by atoms with Crippen molar-refractivity contribution >= 4 is 45.0 Å². The molecule has 0 radical (unpaired) electrons. The summed E-state index contributed by atoms with van der Waals surface area (Å²) in [6.07, 6.45) is 1.90. The molecule has 0 fully saturated rings. The maximum absolute atomic E-state index is 12.3. The molecule has 0 aliphatic rings. The molecule has 0 bridgehead atoms. The zero-order valence-electron chi connectivity index (χ0n) is 16.9. The summed E-state index contributed by atoms with van der Waals surface area (Å²) in [5.41, 5.74) is 3.77. The Labute approximate surface area is 182 Å². The molecule has 0 saturated carbocycles. The Bertz CT molecular complexity index is 949. The molecule has 158 valence electrons. The monoisotopic (exact) mass is 454 g/mol. The van der Waals surface area contributed by atoms with Crippen LogP contribution < -0.4 is 9.62 Å². The van der Waals surface area contributed by atoms with Gasteiger partial charge in [0.25, 0.3) is 0 Å². The van der Waals surface area contributed by atoms with E-state index in [2.05, 4.69) is 36.5 Å². The third kappa shape index (κ3) is 7.91. The van der Waals surface area contributed by atoms with Crippen LogP contribution in [-0.2, 0) is 20.6 Å². The Balaban J connectivity index is 1.79. The van der Waals surface area contributed by atoms with Gasteiger partial charge in [0, 0.05) is 17.3 Å². The zero-order chi connectivity index (χ0) is 21.4. The number of nitrogens with zero attached hydrogens (tertiary/aromatic N) is 1. The smallest absolute Gasteiger partial charge is 0.240 e. The van der Waals surface area contributed by atoms with E-state index >= 15 is 0 Å². The molecule has 0 saturated heterocycles. The first-order chi connectivity index (χ1) is 13.7. The van der Waals surface area contributed by atoms with E-state index in [1.54, 1.807) is 18.2 Å². The van der Waals surface area contributed by atoms with Crippen molar-refractivity contribution in [3.63, 3.8) is 0 Å². The summed E-state index contributed by atoms with van der Waals surface area (Å²) >= 11 is 7.92. The second kappa shape index (κ2) is 10.9. The van der Waals surface area contributed by atoms with E-state index in [9.17, 15) is 13.2 Å². The lowest BCUT2D eigenvalue weighted by atomic mass is 10.2. The summed E-state index contributed by atoms with van der Waals surface area (Å²) in [6, 6.07) is 13.4. The first-order valence-corrected chi connectivity index (χ1v) is 12.7. The number of benzene rings is 2. The molecule has 2 aromatic rings. The molecule has 0 heterocycles. The number of aryl methyl sites for hydroxylation is 2. The lowest BCUT2D eigenvalue weighted by Gasteiger charge is -2.22. The zero-order valence-corrected chi connectivity index (χ0v) is 19.3. The number of carbonyl (C=O) groups is 1. The van der Waals surface area contributed by atoms with Crippen molar-refractivity contribution in [2.24, 2.45) is 0 Å². The van der Waals surface area contributed by atoms with E-state index in [4.69, 9.17) is 11.6 Å². The fourth-order valence-corrected chi connectivity index (χ4v) is 4.65. The molecular formula is C21H27ClN2O3S2. The predicted octanol–water partition coefficient (Wildman–Crippen LogP) is 4.16. The third-order valence-electron chi connectivity index (χ3n) is 4.27. The van der Waals surface area contributed by atoms with Crippen LogP contribution in [0.5, 0.6) is 0 Å². The van der Waals surface area contributed by atoms with Crippen LogP contribution >= 0.6 is 23.4 Å². The van der Waals surface area contributed by atoms with Crippen molar-refractivity contribution < 1.29 is 13.2 Å². The number of halogens is 1. The molecule has 0 spiro atoms. The number of amides is 1. The van der Waals surface area contributed by atoms with Crippen molar-refractivity contribution in [1.82, 2.24) is 5.32 Å². The Morgan fingerprint density at radius 1 is 1.17 bits per heavy atom. The minimum Gasteiger partial charge on any atom is -0.354 e. The van der Waals surface area contributed by atoms with E-state index in [0.717, 1.165) is 34.1 Å². The Hall–Kier alpha value is -1.70. The second-order valence-corrected chi connectivity index (χ2v) is 10.4. The summed E-state index contributed by atoms with van der Waals surface area (Å²) in [5, 5.41) is 3.26. The lowest BCUT2D eigenvalue weighted by Crippen LogP contribution is -2.40. The van der Waals surface area contributed by atoms with Crippen LogP contribution in [0.3, 0.4) is 0 Å². The maximum Gasteiger partial charge on any atom is 0.240 e. The highest BCUT2D eigenvalue weighted by Crippen LogP contribution is 2.24. The van der Waals surface area contributed by atoms with E-state index in [-0.39, 0.29) is 12.5 Å². The summed E-state index contributed by atoms with van der Waals surface area (Å²) in [7, 11) is -3.61. The van der Waals surface area contributed by atoms with Crippen LogP contribution in [0.4, 0.5) is 5.69 Å². The normalized spacial score (nSPS) is 11.3. The molecule has 0 unspecified atom stereocenters. The molecule has 1 N–H and O–H groups in total. The number of hydrogen-bond acceptors (Lipinski definition) is 4. The number of carbonyl (C=O) groups excluding carboxylic acids is 1. The van der Waals surface area contributed by atoms with Crippen LogP contribution in [-0.4, -0.2) is 39.4 Å². The molecule has 0 aromatic heterocycles. The number of thioether (sulfide) groups is 1. The highest BCUT2D eigenvalue weighted by atomic mass is 35.5. The van der Waals surface area contributed by atoms with Crippen LogP contribution in [0, 0.1) is 13.8 Å². The van der Waals surface area contributed by atoms with E-state index < -0.39 is 10.0 Å². The van der Waals surface area contributed by atoms with Crippen molar-refractivity contribution in [2.45, 2.75) is 26.0 Å². The Morgan fingerprint density at radius 2 is 1.93 bits per heavy atom. The minimum atomic E-state index is -3.61. The highest BCUT2D eigenvalue weighted by molar-refractivity contribution is 7.98. The van der Waals surface area contributed by atoms with E-state index in [1.807, 2.05) is 18.7 Å². The second-order valence-electron chi connectivity index (χ2n) is 6.95. The predicted molar refractivity (Wildman–Crippen MR) is 123 cm³/mol. The van der Waals surface area contributed by atoms with E-state index in [0.29, 0.717) is 17.3 Å². The Morgan fingerprint density at radius 3 is 2.59 bits per heavy atom. The molecule has 5 nitrogen and oxygen atoms in total. The summed E-state index contributed by atoms with van der Waals surface area (Å²) in [4.78, 5) is 12.3. The van der Waals surface area contributed by atoms with Gasteiger partial charge in [-0.2, -0.15) is 11.8 Å². The van der Waals surface area contributed by atoms with Crippen molar-refractivity contribution in [2.75, 3.05) is 29.4 Å². The largest absolute Gasteiger partial charge is 0.354 e. The standard InChI is InChI=1S/C21H27ClN2O3S2/c1-16-6-4-7-18(12-16)15-28-11-5-10-23-21(25)14-24(29(3,26)27)19-9-8-17(2)20(22)13-19/h4,6-9,12-13H,5,10-11,14-15H2,1-3H3,(H,23,25). The first-order valence-electron chi connectivity index (χ1n) is 9.30. The van der Waals surface area contributed by atoms with Crippen LogP contribution in [0.2, 0.25) is 5.02 Å². The molecule has 1 amide bonds. The van der Waals surface area contributed by atoms with Gasteiger partial charge in [-0.15, -0.1) is 0 Å². The third-order valence-corrected chi connectivity index (χ3v) is 6.93. The molecule has 2 aromatic carbocycles. The van der Waals surface area contributed by atoms with Gasteiger partial charge >= 0.3 is 0 Å². The highest BCUT2D eigenvalue weighted by Gasteiger charge is 2.21. The van der Waals surface area contributed by atoms with Gasteiger partial charge in [0.05, 0.1) is 11.9 Å². The molecule has 2 rings (SSSR count). The maximum atomic E-state index is 12.3. The molecule has 29 heavy (non-hydrogen) atoms. The average molecular weight is 455 g/mol. The number of sulfonamides is 1. The quantitative estimate of drug-likeness (QED) is 0.547. The molecule has 0 atom stereocenters. The molecule has 0 aliphatic carbocycles. The summed E-state index contributed by atoms with van der Waals surface area (Å²) in [5.74, 6) is 1.51. The van der Waals surface area contributed by atoms with E-state index in [1.165, 1.54) is 11.1 Å². The van der Waals surface area contributed by atoms with Gasteiger partial charge in [0.1, 0.15) is 6.54 Å². The van der Waals surface area contributed by atoms with Crippen LogP contribution in [0.1, 0.15) is 23.1 Å². The number of rotatable bonds is 10. The van der Waals surface area contributed by atoms with Gasteiger partial charge in [-0.1, -0.05) is 47.5 Å². The van der Waals surface area contributed by atoms with Crippen molar-refractivity contribution in [1.29, 1.82) is 0 Å². The number of anilines is 1. The fraction of sp³-hybridized carbons (Fsp3) is 0.381. The van der Waals surface area contributed by atoms with Gasteiger partial charge in [-0.05, 0) is 49.3 Å². The van der Waals surface area contributed by atoms with Crippen molar-refractivity contribution in [3.05, 3.63) is 64.2 Å². The number of nitrogens with one attached hydrogen (secondary N) is 1.